The van der Waals surface area contributed by atoms with Crippen LogP contribution in [0.25, 0.3) is 0 Å². The standard InChI is InChI=1S/C16H21N5O/c1-19(16(22)12-20-10-8-17-13-20)14-5-4-9-21(11-14)15-6-2-3-7-18-15/h2-3,6-8,10,13-14H,4-5,9,11-12H2,1H3. The zero-order valence-electron chi connectivity index (χ0n) is 12.8. The average molecular weight is 299 g/mol. The molecule has 1 saturated heterocycles. The molecule has 0 aromatic carbocycles. The van der Waals surface area contributed by atoms with E-state index in [9.17, 15) is 4.79 Å². The van der Waals surface area contributed by atoms with Crippen molar-refractivity contribution in [1.82, 2.24) is 19.4 Å². The number of piperidine rings is 1. The summed E-state index contributed by atoms with van der Waals surface area (Å²) < 4.78 is 1.80. The van der Waals surface area contributed by atoms with Gasteiger partial charge in [-0.2, -0.15) is 0 Å². The van der Waals surface area contributed by atoms with E-state index in [1.807, 2.05) is 42.5 Å². The van der Waals surface area contributed by atoms with Crippen LogP contribution in [0.5, 0.6) is 0 Å². The van der Waals surface area contributed by atoms with Crippen LogP contribution in [0.3, 0.4) is 0 Å². The van der Waals surface area contributed by atoms with Gasteiger partial charge in [0.2, 0.25) is 5.91 Å². The molecule has 2 aromatic rings. The molecule has 0 aliphatic carbocycles. The smallest absolute Gasteiger partial charge is 0.242 e. The SMILES string of the molecule is CN(C(=O)Cn1ccnc1)C1CCCN(c2ccccn2)C1. The Morgan fingerprint density at radius 2 is 2.32 bits per heavy atom. The first-order valence-corrected chi connectivity index (χ1v) is 7.61. The number of imidazole rings is 1. The predicted octanol–water partition coefficient (Wildman–Crippen LogP) is 1.41. The van der Waals surface area contributed by atoms with Gasteiger partial charge in [0, 0.05) is 44.8 Å². The van der Waals surface area contributed by atoms with Gasteiger partial charge in [0.05, 0.1) is 6.33 Å². The highest BCUT2D eigenvalue weighted by Gasteiger charge is 2.26. The summed E-state index contributed by atoms with van der Waals surface area (Å²) in [5, 5.41) is 0. The second-order valence-electron chi connectivity index (χ2n) is 5.67. The van der Waals surface area contributed by atoms with E-state index < -0.39 is 0 Å². The fourth-order valence-electron chi connectivity index (χ4n) is 2.87. The Morgan fingerprint density at radius 1 is 1.41 bits per heavy atom. The first kappa shape index (κ1) is 14.6. The van der Waals surface area contributed by atoms with Crippen LogP contribution in [0.1, 0.15) is 12.8 Å². The molecular formula is C16H21N5O. The minimum absolute atomic E-state index is 0.117. The van der Waals surface area contributed by atoms with E-state index in [0.717, 1.165) is 31.7 Å². The van der Waals surface area contributed by atoms with Crippen molar-refractivity contribution in [1.29, 1.82) is 0 Å². The molecule has 6 nitrogen and oxygen atoms in total. The van der Waals surface area contributed by atoms with Gasteiger partial charge in [0.15, 0.2) is 0 Å². The first-order valence-electron chi connectivity index (χ1n) is 7.61. The lowest BCUT2D eigenvalue weighted by Crippen LogP contribution is -2.49. The molecule has 116 valence electrons. The van der Waals surface area contributed by atoms with Crippen molar-refractivity contribution in [2.45, 2.75) is 25.4 Å². The molecule has 2 aromatic heterocycles. The molecule has 0 saturated carbocycles. The maximum atomic E-state index is 12.4. The first-order chi connectivity index (χ1) is 10.7. The molecule has 1 aliphatic heterocycles. The highest BCUT2D eigenvalue weighted by atomic mass is 16.2. The van der Waals surface area contributed by atoms with Crippen molar-refractivity contribution < 1.29 is 4.79 Å². The maximum Gasteiger partial charge on any atom is 0.242 e. The summed E-state index contributed by atoms with van der Waals surface area (Å²) >= 11 is 0. The number of likely N-dealkylation sites (N-methyl/N-ethyl adjacent to an activating group) is 1. The van der Waals surface area contributed by atoms with Gasteiger partial charge in [-0.05, 0) is 25.0 Å². The zero-order valence-corrected chi connectivity index (χ0v) is 12.8. The lowest BCUT2D eigenvalue weighted by atomic mass is 10.0. The number of anilines is 1. The van der Waals surface area contributed by atoms with E-state index in [-0.39, 0.29) is 11.9 Å². The minimum Gasteiger partial charge on any atom is -0.355 e. The van der Waals surface area contributed by atoms with E-state index >= 15 is 0 Å². The van der Waals surface area contributed by atoms with Crippen LogP contribution < -0.4 is 4.90 Å². The van der Waals surface area contributed by atoms with Crippen LogP contribution in [-0.2, 0) is 11.3 Å². The fraction of sp³-hybridized carbons (Fsp3) is 0.438. The Bertz CT molecular complexity index is 598. The van der Waals surface area contributed by atoms with E-state index in [4.69, 9.17) is 0 Å². The number of pyridine rings is 1. The third-order valence-electron chi connectivity index (χ3n) is 4.19. The van der Waals surface area contributed by atoms with E-state index in [1.54, 1.807) is 17.1 Å². The summed E-state index contributed by atoms with van der Waals surface area (Å²) in [7, 11) is 1.89. The quantitative estimate of drug-likeness (QED) is 0.856. The highest BCUT2D eigenvalue weighted by molar-refractivity contribution is 5.76. The van der Waals surface area contributed by atoms with E-state index in [0.29, 0.717) is 6.54 Å². The van der Waals surface area contributed by atoms with Crippen molar-refractivity contribution in [3.8, 4) is 0 Å². The molecule has 1 aliphatic rings. The fourth-order valence-corrected chi connectivity index (χ4v) is 2.87. The molecule has 0 N–H and O–H groups in total. The summed E-state index contributed by atoms with van der Waals surface area (Å²) in [6.45, 7) is 2.18. The van der Waals surface area contributed by atoms with Gasteiger partial charge in [-0.25, -0.2) is 9.97 Å². The molecule has 0 bridgehead atoms. The number of hydrogen-bond donors (Lipinski definition) is 0. The lowest BCUT2D eigenvalue weighted by Gasteiger charge is -2.38. The Balaban J connectivity index is 1.62. The molecule has 0 spiro atoms. The summed E-state index contributed by atoms with van der Waals surface area (Å²) in [4.78, 5) is 24.9. The molecule has 3 rings (SSSR count). The second-order valence-corrected chi connectivity index (χ2v) is 5.67. The number of rotatable bonds is 4. The molecule has 1 fully saturated rings. The molecular weight excluding hydrogens is 278 g/mol. The number of amides is 1. The second kappa shape index (κ2) is 6.60. The summed E-state index contributed by atoms with van der Waals surface area (Å²) in [6, 6.07) is 6.17. The van der Waals surface area contributed by atoms with Crippen molar-refractivity contribution in [2.24, 2.45) is 0 Å². The summed E-state index contributed by atoms with van der Waals surface area (Å²) in [6.07, 6.45) is 9.10. The number of hydrogen-bond acceptors (Lipinski definition) is 4. The molecule has 1 amide bonds. The highest BCUT2D eigenvalue weighted by Crippen LogP contribution is 2.20. The molecule has 3 heterocycles. The topological polar surface area (TPSA) is 54.3 Å². The third-order valence-corrected chi connectivity index (χ3v) is 4.19. The van der Waals surface area contributed by atoms with Gasteiger partial charge in [-0.15, -0.1) is 0 Å². The van der Waals surface area contributed by atoms with Crippen LogP contribution in [0.4, 0.5) is 5.82 Å². The summed E-state index contributed by atoms with van der Waals surface area (Å²) in [5.41, 5.74) is 0. The minimum atomic E-state index is 0.117. The van der Waals surface area contributed by atoms with Crippen molar-refractivity contribution >= 4 is 11.7 Å². The van der Waals surface area contributed by atoms with Crippen LogP contribution in [0, 0.1) is 0 Å². The molecule has 6 heteroatoms. The molecule has 0 radical (unpaired) electrons. The van der Waals surface area contributed by atoms with Crippen molar-refractivity contribution in [3.05, 3.63) is 43.1 Å². The van der Waals surface area contributed by atoms with Crippen LogP contribution >= 0.6 is 0 Å². The van der Waals surface area contributed by atoms with Gasteiger partial charge >= 0.3 is 0 Å². The lowest BCUT2D eigenvalue weighted by molar-refractivity contribution is -0.132. The molecule has 22 heavy (non-hydrogen) atoms. The van der Waals surface area contributed by atoms with Crippen LogP contribution in [0.15, 0.2) is 43.1 Å². The molecule has 1 unspecified atom stereocenters. The largest absolute Gasteiger partial charge is 0.355 e. The van der Waals surface area contributed by atoms with Gasteiger partial charge in [-0.1, -0.05) is 6.07 Å². The van der Waals surface area contributed by atoms with Crippen LogP contribution in [-0.4, -0.2) is 51.5 Å². The number of carbonyl (C=O) groups excluding carboxylic acids is 1. The predicted molar refractivity (Wildman–Crippen MR) is 84.5 cm³/mol. The van der Waals surface area contributed by atoms with Gasteiger partial charge in [0.1, 0.15) is 12.4 Å². The number of nitrogens with zero attached hydrogens (tertiary/aromatic N) is 5. The Labute approximate surface area is 130 Å². The summed E-state index contributed by atoms with van der Waals surface area (Å²) in [5.74, 6) is 1.11. The average Bonchev–Trinajstić information content (AvgIpc) is 3.08. The van der Waals surface area contributed by atoms with Gasteiger partial charge in [0.25, 0.3) is 0 Å². The maximum absolute atomic E-state index is 12.4. The van der Waals surface area contributed by atoms with Gasteiger partial charge < -0.3 is 14.4 Å². The Kier molecular flexibility index (Phi) is 4.37. The Hall–Kier alpha value is -2.37. The van der Waals surface area contributed by atoms with E-state index in [2.05, 4.69) is 14.9 Å². The van der Waals surface area contributed by atoms with Crippen LogP contribution in [0.2, 0.25) is 0 Å². The zero-order chi connectivity index (χ0) is 15.4. The van der Waals surface area contributed by atoms with Crippen molar-refractivity contribution in [2.75, 3.05) is 25.0 Å². The Morgan fingerprint density at radius 3 is 3.05 bits per heavy atom. The van der Waals surface area contributed by atoms with E-state index in [1.165, 1.54) is 0 Å². The number of carbonyl (C=O) groups is 1. The van der Waals surface area contributed by atoms with Gasteiger partial charge in [-0.3, -0.25) is 4.79 Å². The normalized spacial score (nSPS) is 18.2. The van der Waals surface area contributed by atoms with Crippen molar-refractivity contribution in [3.63, 3.8) is 0 Å². The third kappa shape index (κ3) is 3.27. The number of aromatic nitrogens is 3. The molecule has 1 atom stereocenters. The monoisotopic (exact) mass is 299 g/mol.